The third kappa shape index (κ3) is 2.24. The van der Waals surface area contributed by atoms with Crippen molar-refractivity contribution in [3.8, 4) is 0 Å². The van der Waals surface area contributed by atoms with Crippen molar-refractivity contribution in [1.82, 2.24) is 0 Å². The number of nitrogens with zero attached hydrogens (tertiary/aromatic N) is 1. The Morgan fingerprint density at radius 2 is 2.00 bits per heavy atom. The Labute approximate surface area is 113 Å². The van der Waals surface area contributed by atoms with Gasteiger partial charge >= 0.3 is 0 Å². The van der Waals surface area contributed by atoms with E-state index in [1.165, 1.54) is 4.90 Å². The number of Topliss-reactive ketones (excluding diaryl/α,β-unsaturated/α-hetero) is 1. The summed E-state index contributed by atoms with van der Waals surface area (Å²) in [6, 6.07) is 5.15. The van der Waals surface area contributed by atoms with Gasteiger partial charge in [0, 0.05) is 11.9 Å². The van der Waals surface area contributed by atoms with Gasteiger partial charge in [0.15, 0.2) is 0 Å². The van der Waals surface area contributed by atoms with Gasteiger partial charge in [-0.25, -0.2) is 0 Å². The molecule has 1 aliphatic rings. The standard InChI is InChI=1S/C12H11BrClNO2/c13-6-1-2-7-15-9-5-3-4-8(14)10(9)11(16)12(15)17/h3-5H,1-2,6-7H2. The van der Waals surface area contributed by atoms with Crippen molar-refractivity contribution in [2.45, 2.75) is 12.8 Å². The van der Waals surface area contributed by atoms with E-state index in [2.05, 4.69) is 15.9 Å². The van der Waals surface area contributed by atoms with Crippen molar-refractivity contribution < 1.29 is 9.59 Å². The zero-order chi connectivity index (χ0) is 12.4. The first-order chi connectivity index (χ1) is 8.16. The molecule has 3 nitrogen and oxygen atoms in total. The fraction of sp³-hybridized carbons (Fsp3) is 0.333. The number of rotatable bonds is 4. The Kier molecular flexibility index (Phi) is 3.84. The second-order valence-corrected chi connectivity index (χ2v) is 5.02. The van der Waals surface area contributed by atoms with Crippen molar-refractivity contribution in [3.63, 3.8) is 0 Å². The highest BCUT2D eigenvalue weighted by molar-refractivity contribution is 9.09. The molecule has 1 heterocycles. The normalized spacial score (nSPS) is 14.4. The van der Waals surface area contributed by atoms with Crippen molar-refractivity contribution >= 4 is 44.9 Å². The maximum Gasteiger partial charge on any atom is 0.299 e. The van der Waals surface area contributed by atoms with Crippen LogP contribution in [0.4, 0.5) is 5.69 Å². The van der Waals surface area contributed by atoms with Crippen LogP contribution in [0.1, 0.15) is 23.2 Å². The number of fused-ring (bicyclic) bond motifs is 1. The summed E-state index contributed by atoms with van der Waals surface area (Å²) in [7, 11) is 0. The van der Waals surface area contributed by atoms with Gasteiger partial charge in [0.1, 0.15) is 0 Å². The Balaban J connectivity index is 2.29. The van der Waals surface area contributed by atoms with Gasteiger partial charge in [-0.05, 0) is 25.0 Å². The summed E-state index contributed by atoms with van der Waals surface area (Å²) >= 11 is 9.29. The van der Waals surface area contributed by atoms with Crippen LogP contribution in [0.25, 0.3) is 0 Å². The lowest BCUT2D eigenvalue weighted by Gasteiger charge is -2.15. The monoisotopic (exact) mass is 315 g/mol. The highest BCUT2D eigenvalue weighted by atomic mass is 79.9. The van der Waals surface area contributed by atoms with Crippen molar-refractivity contribution in [1.29, 1.82) is 0 Å². The molecule has 1 aromatic carbocycles. The number of unbranched alkanes of at least 4 members (excludes halogenated alkanes) is 1. The fourth-order valence-corrected chi connectivity index (χ4v) is 2.54. The van der Waals surface area contributed by atoms with Gasteiger partial charge in [0.2, 0.25) is 0 Å². The number of hydrogen-bond donors (Lipinski definition) is 0. The van der Waals surface area contributed by atoms with Gasteiger partial charge in [-0.3, -0.25) is 9.59 Å². The average molecular weight is 317 g/mol. The summed E-state index contributed by atoms with van der Waals surface area (Å²) in [5.41, 5.74) is 0.986. The number of alkyl halides is 1. The molecule has 0 radical (unpaired) electrons. The van der Waals surface area contributed by atoms with E-state index in [0.717, 1.165) is 18.2 Å². The van der Waals surface area contributed by atoms with E-state index < -0.39 is 11.7 Å². The minimum absolute atomic E-state index is 0.345. The summed E-state index contributed by atoms with van der Waals surface area (Å²) in [6.07, 6.45) is 1.82. The molecular formula is C12H11BrClNO2. The Hall–Kier alpha value is -0.870. The zero-order valence-corrected chi connectivity index (χ0v) is 11.4. The lowest BCUT2D eigenvalue weighted by atomic mass is 10.1. The third-order valence-corrected chi connectivity index (χ3v) is 3.59. The molecule has 2 rings (SSSR count). The number of hydrogen-bond acceptors (Lipinski definition) is 2. The number of ketones is 1. The number of carbonyl (C=O) groups excluding carboxylic acids is 2. The van der Waals surface area contributed by atoms with Gasteiger partial charge in [-0.15, -0.1) is 0 Å². The SMILES string of the molecule is O=C1C(=O)N(CCCCBr)c2cccc(Cl)c21. The largest absolute Gasteiger partial charge is 0.305 e. The molecule has 17 heavy (non-hydrogen) atoms. The molecule has 0 spiro atoms. The molecule has 0 bridgehead atoms. The Bertz CT molecular complexity index is 476. The fourth-order valence-electron chi connectivity index (χ4n) is 1.89. The Morgan fingerprint density at radius 3 is 2.71 bits per heavy atom. The van der Waals surface area contributed by atoms with Gasteiger partial charge in [0.05, 0.1) is 16.3 Å². The highest BCUT2D eigenvalue weighted by Gasteiger charge is 2.36. The van der Waals surface area contributed by atoms with Crippen molar-refractivity contribution in [2.75, 3.05) is 16.8 Å². The Morgan fingerprint density at radius 1 is 1.24 bits per heavy atom. The molecule has 5 heteroatoms. The molecular weight excluding hydrogens is 305 g/mol. The molecule has 0 fully saturated rings. The van der Waals surface area contributed by atoms with Crippen LogP contribution in [0.3, 0.4) is 0 Å². The molecule has 0 saturated carbocycles. The zero-order valence-electron chi connectivity index (χ0n) is 9.08. The van der Waals surface area contributed by atoms with Crippen LogP contribution in [0.2, 0.25) is 5.02 Å². The summed E-state index contributed by atoms with van der Waals surface area (Å²) in [5.74, 6) is -0.966. The lowest BCUT2D eigenvalue weighted by molar-refractivity contribution is -0.114. The second kappa shape index (κ2) is 5.19. The highest BCUT2D eigenvalue weighted by Crippen LogP contribution is 2.34. The average Bonchev–Trinajstić information content (AvgIpc) is 2.55. The molecule has 0 N–H and O–H groups in total. The molecule has 0 atom stereocenters. The number of amides is 1. The lowest BCUT2D eigenvalue weighted by Crippen LogP contribution is -2.30. The number of halogens is 2. The maximum atomic E-state index is 11.8. The third-order valence-electron chi connectivity index (χ3n) is 2.71. The van der Waals surface area contributed by atoms with E-state index >= 15 is 0 Å². The van der Waals surface area contributed by atoms with Crippen LogP contribution in [-0.4, -0.2) is 23.6 Å². The van der Waals surface area contributed by atoms with E-state index in [1.54, 1.807) is 18.2 Å². The van der Waals surface area contributed by atoms with E-state index in [4.69, 9.17) is 11.6 Å². The first-order valence-corrected chi connectivity index (χ1v) is 6.87. The van der Waals surface area contributed by atoms with Crippen LogP contribution in [-0.2, 0) is 4.79 Å². The van der Waals surface area contributed by atoms with E-state index in [0.29, 0.717) is 22.8 Å². The molecule has 0 saturated heterocycles. The second-order valence-electron chi connectivity index (χ2n) is 3.82. The smallest absolute Gasteiger partial charge is 0.299 e. The quantitative estimate of drug-likeness (QED) is 0.486. The number of anilines is 1. The van der Waals surface area contributed by atoms with Crippen LogP contribution in [0.5, 0.6) is 0 Å². The van der Waals surface area contributed by atoms with E-state index in [-0.39, 0.29) is 0 Å². The summed E-state index contributed by atoms with van der Waals surface area (Å²) < 4.78 is 0. The maximum absolute atomic E-state index is 11.8. The summed E-state index contributed by atoms with van der Waals surface area (Å²) in [5, 5.41) is 1.25. The van der Waals surface area contributed by atoms with Gasteiger partial charge in [-0.2, -0.15) is 0 Å². The van der Waals surface area contributed by atoms with Crippen molar-refractivity contribution in [2.24, 2.45) is 0 Å². The van der Waals surface area contributed by atoms with E-state index in [9.17, 15) is 9.59 Å². The van der Waals surface area contributed by atoms with Crippen LogP contribution >= 0.6 is 27.5 Å². The van der Waals surface area contributed by atoms with E-state index in [1.807, 2.05) is 0 Å². The van der Waals surface area contributed by atoms with Crippen LogP contribution < -0.4 is 4.90 Å². The topological polar surface area (TPSA) is 37.4 Å². The molecule has 0 aromatic heterocycles. The van der Waals surface area contributed by atoms with Crippen LogP contribution in [0, 0.1) is 0 Å². The molecule has 0 unspecified atom stereocenters. The summed E-state index contributed by atoms with van der Waals surface area (Å²) in [6.45, 7) is 0.559. The predicted octanol–water partition coefficient (Wildman–Crippen LogP) is 3.04. The van der Waals surface area contributed by atoms with Gasteiger partial charge in [-0.1, -0.05) is 33.6 Å². The van der Waals surface area contributed by atoms with Crippen molar-refractivity contribution in [3.05, 3.63) is 28.8 Å². The molecule has 90 valence electrons. The molecule has 1 aliphatic heterocycles. The molecule has 1 amide bonds. The predicted molar refractivity (Wildman–Crippen MR) is 71.2 cm³/mol. The first kappa shape index (κ1) is 12.6. The number of carbonyl (C=O) groups is 2. The first-order valence-electron chi connectivity index (χ1n) is 5.37. The van der Waals surface area contributed by atoms with Gasteiger partial charge < -0.3 is 4.90 Å². The molecule has 1 aromatic rings. The van der Waals surface area contributed by atoms with Gasteiger partial charge in [0.25, 0.3) is 11.7 Å². The van der Waals surface area contributed by atoms with Crippen LogP contribution in [0.15, 0.2) is 18.2 Å². The molecule has 0 aliphatic carbocycles. The summed E-state index contributed by atoms with van der Waals surface area (Å²) in [4.78, 5) is 25.1. The minimum atomic E-state index is -0.496. The minimum Gasteiger partial charge on any atom is -0.305 e. The number of benzene rings is 1.